The molecule has 5 N–H and O–H groups in total. The summed E-state index contributed by atoms with van der Waals surface area (Å²) in [5.41, 5.74) is 1.99. The summed E-state index contributed by atoms with van der Waals surface area (Å²) < 4.78 is 36.8. The third kappa shape index (κ3) is 4.70. The van der Waals surface area contributed by atoms with Gasteiger partial charge in [-0.05, 0) is 25.1 Å². The van der Waals surface area contributed by atoms with Crippen LogP contribution >= 0.6 is 0 Å². The van der Waals surface area contributed by atoms with Crippen molar-refractivity contribution in [1.29, 1.82) is 0 Å². The SMILES string of the molecule is Cc1ccc(S(=O)(=O)OC(C(=O)C(C)C)[C@H]2O[C@@](C(=O)O)(n3ccc(N)nc3=O)[C@H](O)[C@@H]2O)cc1. The number of aliphatic carboxylic acids is 1. The number of nitrogens with two attached hydrogens (primary N) is 1. The van der Waals surface area contributed by atoms with Gasteiger partial charge >= 0.3 is 11.7 Å². The molecule has 0 spiro atoms. The zero-order valence-electron chi connectivity index (χ0n) is 18.9. The highest BCUT2D eigenvalue weighted by atomic mass is 32.2. The molecule has 0 bridgehead atoms. The monoisotopic (exact) mass is 511 g/mol. The van der Waals surface area contributed by atoms with Crippen LogP contribution in [0.5, 0.6) is 0 Å². The number of ketones is 1. The van der Waals surface area contributed by atoms with E-state index in [9.17, 15) is 38.1 Å². The van der Waals surface area contributed by atoms with Gasteiger partial charge in [0.25, 0.3) is 15.8 Å². The number of carbonyl (C=O) groups is 2. The first-order valence-electron chi connectivity index (χ1n) is 10.4. The molecule has 1 aliphatic heterocycles. The average Bonchev–Trinajstić information content (AvgIpc) is 3.04. The summed E-state index contributed by atoms with van der Waals surface area (Å²) >= 11 is 0. The molecule has 0 saturated carbocycles. The van der Waals surface area contributed by atoms with Crippen molar-refractivity contribution in [2.45, 2.75) is 55.8 Å². The Morgan fingerprint density at radius 1 is 1.20 bits per heavy atom. The third-order valence-electron chi connectivity index (χ3n) is 5.55. The first kappa shape index (κ1) is 26.4. The molecular formula is C21H25N3O10S. The van der Waals surface area contributed by atoms with Gasteiger partial charge in [-0.25, -0.2) is 9.59 Å². The molecule has 190 valence electrons. The van der Waals surface area contributed by atoms with E-state index >= 15 is 0 Å². The minimum absolute atomic E-state index is 0.253. The average molecular weight is 512 g/mol. The molecular weight excluding hydrogens is 486 g/mol. The number of hydrogen-bond donors (Lipinski definition) is 4. The van der Waals surface area contributed by atoms with Crippen LogP contribution in [0.4, 0.5) is 5.82 Å². The molecule has 14 heteroatoms. The topological polar surface area (TPSA) is 208 Å². The van der Waals surface area contributed by atoms with Crippen LogP contribution in [-0.2, 0) is 34.4 Å². The van der Waals surface area contributed by atoms with Crippen LogP contribution in [0.2, 0.25) is 0 Å². The van der Waals surface area contributed by atoms with Gasteiger partial charge in [-0.1, -0.05) is 31.5 Å². The number of carboxylic acids is 1. The van der Waals surface area contributed by atoms with Gasteiger partial charge in [0.15, 0.2) is 11.9 Å². The van der Waals surface area contributed by atoms with E-state index in [-0.39, 0.29) is 10.7 Å². The summed E-state index contributed by atoms with van der Waals surface area (Å²) in [6, 6.07) is 6.52. The van der Waals surface area contributed by atoms with Crippen molar-refractivity contribution in [3.63, 3.8) is 0 Å². The number of anilines is 1. The van der Waals surface area contributed by atoms with E-state index in [0.29, 0.717) is 4.57 Å². The standard InChI is InChI=1S/C21H25N3O10S/c1-10(2)14(25)17(34-35(31,32)12-6-4-11(3)5-7-12)16-15(26)18(27)21(33-16,19(28)29)24-9-8-13(22)23-20(24)30/h4-10,15-18,26-27H,1-3H3,(H,28,29)(H2,22,23,30)/t15-,16+,17?,18-,21+/m1/s1. The van der Waals surface area contributed by atoms with E-state index in [1.54, 1.807) is 6.92 Å². The molecule has 5 atom stereocenters. The number of ether oxygens (including phenoxy) is 1. The largest absolute Gasteiger partial charge is 0.478 e. The number of carbonyl (C=O) groups excluding carboxylic acids is 1. The van der Waals surface area contributed by atoms with Crippen molar-refractivity contribution in [1.82, 2.24) is 9.55 Å². The molecule has 13 nitrogen and oxygen atoms in total. The third-order valence-corrected chi connectivity index (χ3v) is 6.86. The summed E-state index contributed by atoms with van der Waals surface area (Å²) in [6.45, 7) is 4.58. The smallest absolute Gasteiger partial charge is 0.361 e. The number of nitrogens with zero attached hydrogens (tertiary/aromatic N) is 2. The summed E-state index contributed by atoms with van der Waals surface area (Å²) in [6.07, 6.45) is -7.68. The number of carboxylic acid groups (broad SMARTS) is 1. The van der Waals surface area contributed by atoms with Crippen molar-refractivity contribution in [3.8, 4) is 0 Å². The lowest BCUT2D eigenvalue weighted by atomic mass is 9.94. The summed E-state index contributed by atoms with van der Waals surface area (Å²) in [5.74, 6) is -3.88. The van der Waals surface area contributed by atoms with Gasteiger partial charge in [-0.3, -0.25) is 13.5 Å². The molecule has 1 aliphatic rings. The van der Waals surface area contributed by atoms with Crippen LogP contribution in [0.3, 0.4) is 0 Å². The fraction of sp³-hybridized carbons (Fsp3) is 0.429. The summed E-state index contributed by atoms with van der Waals surface area (Å²) in [7, 11) is -4.61. The Labute approximate surface area is 199 Å². The second-order valence-corrected chi connectivity index (χ2v) is 9.94. The van der Waals surface area contributed by atoms with Crippen LogP contribution < -0.4 is 11.4 Å². The zero-order valence-corrected chi connectivity index (χ0v) is 19.7. The molecule has 3 rings (SSSR count). The molecule has 1 fully saturated rings. The van der Waals surface area contributed by atoms with Crippen LogP contribution in [0.15, 0.2) is 46.2 Å². The Kier molecular flexibility index (Phi) is 7.15. The number of aromatic nitrogens is 2. The van der Waals surface area contributed by atoms with E-state index in [1.165, 1.54) is 38.1 Å². The highest BCUT2D eigenvalue weighted by Gasteiger charge is 2.64. The quantitative estimate of drug-likeness (QED) is 0.314. The highest BCUT2D eigenvalue weighted by molar-refractivity contribution is 7.86. The minimum Gasteiger partial charge on any atom is -0.478 e. The summed E-state index contributed by atoms with van der Waals surface area (Å²) in [4.78, 5) is 40.7. The van der Waals surface area contributed by atoms with Gasteiger partial charge in [-0.15, -0.1) is 0 Å². The van der Waals surface area contributed by atoms with Crippen molar-refractivity contribution >= 4 is 27.7 Å². The van der Waals surface area contributed by atoms with Crippen molar-refractivity contribution in [2.24, 2.45) is 5.92 Å². The van der Waals surface area contributed by atoms with Crippen LogP contribution in [-0.4, -0.2) is 69.5 Å². The minimum atomic E-state index is -4.61. The number of benzene rings is 1. The number of aryl methyl sites for hydroxylation is 1. The number of rotatable bonds is 8. The van der Waals surface area contributed by atoms with Gasteiger partial charge < -0.3 is 25.8 Å². The lowest BCUT2D eigenvalue weighted by Gasteiger charge is -2.30. The van der Waals surface area contributed by atoms with Crippen molar-refractivity contribution in [3.05, 3.63) is 52.6 Å². The van der Waals surface area contributed by atoms with E-state index < -0.39 is 63.6 Å². The molecule has 1 unspecified atom stereocenters. The molecule has 0 amide bonds. The molecule has 2 aromatic rings. The van der Waals surface area contributed by atoms with Crippen molar-refractivity contribution in [2.75, 3.05) is 5.73 Å². The molecule has 1 aromatic carbocycles. The van der Waals surface area contributed by atoms with Gasteiger partial charge in [0.05, 0.1) is 4.90 Å². The first-order chi connectivity index (χ1) is 16.2. The maximum Gasteiger partial charge on any atom is 0.361 e. The molecule has 35 heavy (non-hydrogen) atoms. The fourth-order valence-electron chi connectivity index (χ4n) is 3.64. The predicted octanol–water partition coefficient (Wildman–Crippen LogP) is -1.01. The highest BCUT2D eigenvalue weighted by Crippen LogP contribution is 2.38. The predicted molar refractivity (Wildman–Crippen MR) is 118 cm³/mol. The number of nitrogen functional groups attached to an aromatic ring is 1. The number of aliphatic hydroxyl groups excluding tert-OH is 2. The lowest BCUT2D eigenvalue weighted by molar-refractivity contribution is -0.199. The van der Waals surface area contributed by atoms with Gasteiger partial charge in [-0.2, -0.15) is 13.4 Å². The molecule has 2 heterocycles. The van der Waals surface area contributed by atoms with Gasteiger partial charge in [0, 0.05) is 12.1 Å². The van der Waals surface area contributed by atoms with E-state index in [4.69, 9.17) is 14.7 Å². The van der Waals surface area contributed by atoms with E-state index in [0.717, 1.165) is 17.8 Å². The summed E-state index contributed by atoms with van der Waals surface area (Å²) in [5, 5.41) is 31.4. The van der Waals surface area contributed by atoms with Crippen LogP contribution in [0.25, 0.3) is 0 Å². The van der Waals surface area contributed by atoms with Crippen LogP contribution in [0, 0.1) is 12.8 Å². The van der Waals surface area contributed by atoms with Gasteiger partial charge in [0.1, 0.15) is 24.1 Å². The van der Waals surface area contributed by atoms with Gasteiger partial charge in [0.2, 0.25) is 0 Å². The van der Waals surface area contributed by atoms with E-state index in [2.05, 4.69) is 4.98 Å². The van der Waals surface area contributed by atoms with Crippen LogP contribution in [0.1, 0.15) is 19.4 Å². The number of hydrogen-bond acceptors (Lipinski definition) is 11. The van der Waals surface area contributed by atoms with E-state index in [1.807, 2.05) is 0 Å². The Morgan fingerprint density at radius 2 is 1.80 bits per heavy atom. The normalized spacial score (nSPS) is 25.5. The molecule has 1 aromatic heterocycles. The molecule has 0 radical (unpaired) electrons. The van der Waals surface area contributed by atoms with Crippen molar-refractivity contribution < 1.29 is 42.2 Å². The Hall–Kier alpha value is -3.17. The molecule has 1 saturated heterocycles. The second kappa shape index (κ2) is 9.47. The zero-order chi connectivity index (χ0) is 26.3. The second-order valence-electron chi connectivity index (χ2n) is 8.37. The first-order valence-corrected chi connectivity index (χ1v) is 11.8. The Bertz CT molecular complexity index is 1290. The maximum atomic E-state index is 13.0. The Balaban J connectivity index is 2.10. The Morgan fingerprint density at radius 3 is 2.31 bits per heavy atom. The fourth-order valence-corrected chi connectivity index (χ4v) is 4.69. The molecule has 0 aliphatic carbocycles. The number of Topliss-reactive ketones (excluding diaryl/α,β-unsaturated/α-hetero) is 1. The lowest BCUT2D eigenvalue weighted by Crippen LogP contribution is -2.55. The maximum absolute atomic E-state index is 13.0. The number of aliphatic hydroxyl groups is 2.